The van der Waals surface area contributed by atoms with Crippen molar-refractivity contribution in [3.8, 4) is 5.75 Å². The lowest BCUT2D eigenvalue weighted by atomic mass is 10.1. The second kappa shape index (κ2) is 11.7. The maximum Gasteiger partial charge on any atom is 0.190 e. The lowest BCUT2D eigenvalue weighted by Gasteiger charge is -2.13. The highest BCUT2D eigenvalue weighted by Crippen LogP contribution is 2.17. The number of rotatable bonds is 7. The summed E-state index contributed by atoms with van der Waals surface area (Å²) in [5, 5.41) is 6.69. The van der Waals surface area contributed by atoms with Crippen molar-refractivity contribution >= 4 is 29.9 Å². The number of aliphatic imine (C=N–C) groups is 1. The molecule has 0 spiro atoms. The van der Waals surface area contributed by atoms with E-state index < -0.39 is 0 Å². The molecule has 2 aromatic rings. The fraction of sp³-hybridized carbons (Fsp3) is 0.368. The van der Waals surface area contributed by atoms with E-state index in [0.29, 0.717) is 0 Å². The number of hydrogen-bond acceptors (Lipinski definition) is 3. The Hall–Kier alpha value is -1.83. The van der Waals surface area contributed by atoms with Crippen LogP contribution in [-0.2, 0) is 12.8 Å². The maximum atomic E-state index is 5.38. The average molecular weight is 454 g/mol. The molecule has 2 rings (SSSR count). The summed E-state index contributed by atoms with van der Waals surface area (Å²) in [6, 6.07) is 10.1. The molecule has 0 amide bonds. The predicted molar refractivity (Wildman–Crippen MR) is 114 cm³/mol. The minimum Gasteiger partial charge on any atom is -0.496 e. The van der Waals surface area contributed by atoms with Crippen LogP contribution >= 0.6 is 24.0 Å². The van der Waals surface area contributed by atoms with Crippen molar-refractivity contribution in [3.63, 3.8) is 0 Å². The lowest BCUT2D eigenvalue weighted by molar-refractivity contribution is 0.409. The molecule has 5 nitrogen and oxygen atoms in total. The van der Waals surface area contributed by atoms with Crippen LogP contribution in [-0.4, -0.2) is 38.2 Å². The van der Waals surface area contributed by atoms with E-state index >= 15 is 0 Å². The summed E-state index contributed by atoms with van der Waals surface area (Å²) in [5.41, 5.74) is 3.72. The summed E-state index contributed by atoms with van der Waals surface area (Å²) in [4.78, 5) is 8.39. The second-order valence-electron chi connectivity index (χ2n) is 5.54. The van der Waals surface area contributed by atoms with E-state index in [4.69, 9.17) is 4.74 Å². The number of nitrogens with zero attached hydrogens (tertiary/aromatic N) is 2. The molecule has 0 unspecified atom stereocenters. The third-order valence-electron chi connectivity index (χ3n) is 3.93. The van der Waals surface area contributed by atoms with Crippen LogP contribution in [0.15, 0.2) is 47.7 Å². The van der Waals surface area contributed by atoms with Gasteiger partial charge in [-0.3, -0.25) is 9.98 Å². The van der Waals surface area contributed by atoms with Crippen LogP contribution in [0.5, 0.6) is 5.75 Å². The molecule has 0 aliphatic rings. The highest BCUT2D eigenvalue weighted by molar-refractivity contribution is 14.0. The van der Waals surface area contributed by atoms with E-state index in [2.05, 4.69) is 39.7 Å². The molecule has 0 bridgehead atoms. The van der Waals surface area contributed by atoms with E-state index in [1.165, 1.54) is 16.7 Å². The Bertz CT molecular complexity index is 676. The van der Waals surface area contributed by atoms with Crippen molar-refractivity contribution in [1.82, 2.24) is 15.6 Å². The zero-order chi connectivity index (χ0) is 17.2. The van der Waals surface area contributed by atoms with Crippen molar-refractivity contribution in [2.75, 3.05) is 27.2 Å². The molecule has 1 aromatic heterocycles. The molecule has 0 aliphatic carbocycles. The lowest BCUT2D eigenvalue weighted by Crippen LogP contribution is -2.39. The number of aromatic nitrogens is 1. The molecular weight excluding hydrogens is 427 g/mol. The van der Waals surface area contributed by atoms with Crippen LogP contribution in [0, 0.1) is 6.92 Å². The van der Waals surface area contributed by atoms with Gasteiger partial charge in [-0.2, -0.15) is 0 Å². The number of methoxy groups -OCH3 is 1. The van der Waals surface area contributed by atoms with Crippen molar-refractivity contribution < 1.29 is 4.74 Å². The van der Waals surface area contributed by atoms with Gasteiger partial charge in [0.05, 0.1) is 7.11 Å². The standard InChI is InChI=1S/C19H26N4O.HI/c1-15-14-21-11-8-16(15)9-12-22-19(20-2)23-13-10-17-6-4-5-7-18(17)24-3;/h4-8,11,14H,9-10,12-13H2,1-3H3,(H2,20,22,23);1H. The number of para-hydroxylation sites is 1. The number of guanidine groups is 1. The molecule has 0 fully saturated rings. The molecule has 6 heteroatoms. The molecule has 136 valence electrons. The van der Waals surface area contributed by atoms with Gasteiger partial charge in [-0.05, 0) is 48.6 Å². The first-order valence-electron chi connectivity index (χ1n) is 8.20. The van der Waals surface area contributed by atoms with E-state index in [1.807, 2.05) is 30.6 Å². The molecule has 0 radical (unpaired) electrons. The van der Waals surface area contributed by atoms with Gasteiger partial charge in [-0.25, -0.2) is 0 Å². The highest BCUT2D eigenvalue weighted by atomic mass is 127. The van der Waals surface area contributed by atoms with Crippen LogP contribution in [0.2, 0.25) is 0 Å². The molecule has 1 heterocycles. The molecule has 1 aromatic carbocycles. The Labute approximate surface area is 167 Å². The SMILES string of the molecule is CN=C(NCCc1ccncc1C)NCCc1ccccc1OC.I. The molecule has 2 N–H and O–H groups in total. The molecular formula is C19H27IN4O. The van der Waals surface area contributed by atoms with Crippen molar-refractivity contribution in [2.45, 2.75) is 19.8 Å². The number of nitrogens with one attached hydrogen (secondary N) is 2. The van der Waals surface area contributed by atoms with Crippen LogP contribution in [0.1, 0.15) is 16.7 Å². The molecule has 0 saturated heterocycles. The van der Waals surface area contributed by atoms with Gasteiger partial charge in [0.25, 0.3) is 0 Å². The van der Waals surface area contributed by atoms with E-state index in [-0.39, 0.29) is 24.0 Å². The fourth-order valence-electron chi connectivity index (χ4n) is 2.54. The molecule has 0 aliphatic heterocycles. The van der Waals surface area contributed by atoms with E-state index in [1.54, 1.807) is 14.2 Å². The summed E-state index contributed by atoms with van der Waals surface area (Å²) < 4.78 is 5.38. The number of halogens is 1. The Morgan fingerprint density at radius 2 is 1.76 bits per heavy atom. The number of pyridine rings is 1. The van der Waals surface area contributed by atoms with Crippen molar-refractivity contribution in [1.29, 1.82) is 0 Å². The Morgan fingerprint density at radius 3 is 2.40 bits per heavy atom. The number of ether oxygens (including phenoxy) is 1. The first-order valence-corrected chi connectivity index (χ1v) is 8.20. The summed E-state index contributed by atoms with van der Waals surface area (Å²) in [6.45, 7) is 3.72. The Kier molecular flexibility index (Phi) is 9.91. The summed E-state index contributed by atoms with van der Waals surface area (Å²) >= 11 is 0. The third-order valence-corrected chi connectivity index (χ3v) is 3.93. The minimum absolute atomic E-state index is 0. The molecule has 0 atom stereocenters. The van der Waals surface area contributed by atoms with Crippen LogP contribution in [0.4, 0.5) is 0 Å². The minimum atomic E-state index is 0. The fourth-order valence-corrected chi connectivity index (χ4v) is 2.54. The van der Waals surface area contributed by atoms with E-state index in [9.17, 15) is 0 Å². The number of aryl methyl sites for hydroxylation is 1. The van der Waals surface area contributed by atoms with Gasteiger partial charge in [0.1, 0.15) is 5.75 Å². The highest BCUT2D eigenvalue weighted by Gasteiger charge is 2.03. The predicted octanol–water partition coefficient (Wildman–Crippen LogP) is 2.97. The van der Waals surface area contributed by atoms with Gasteiger partial charge >= 0.3 is 0 Å². The maximum absolute atomic E-state index is 5.38. The number of hydrogen-bond donors (Lipinski definition) is 2. The van der Waals surface area contributed by atoms with Gasteiger partial charge < -0.3 is 15.4 Å². The zero-order valence-electron chi connectivity index (χ0n) is 15.1. The van der Waals surface area contributed by atoms with Gasteiger partial charge in [-0.15, -0.1) is 24.0 Å². The summed E-state index contributed by atoms with van der Waals surface area (Å²) in [6.07, 6.45) is 5.56. The monoisotopic (exact) mass is 454 g/mol. The topological polar surface area (TPSA) is 58.5 Å². The normalized spacial score (nSPS) is 10.8. The smallest absolute Gasteiger partial charge is 0.190 e. The van der Waals surface area contributed by atoms with E-state index in [0.717, 1.165) is 37.6 Å². The van der Waals surface area contributed by atoms with Crippen LogP contribution in [0.3, 0.4) is 0 Å². The largest absolute Gasteiger partial charge is 0.496 e. The molecule has 0 saturated carbocycles. The first-order chi connectivity index (χ1) is 11.7. The van der Waals surface area contributed by atoms with Crippen molar-refractivity contribution in [3.05, 3.63) is 59.4 Å². The zero-order valence-corrected chi connectivity index (χ0v) is 17.4. The van der Waals surface area contributed by atoms with Gasteiger partial charge in [0, 0.05) is 32.5 Å². The van der Waals surface area contributed by atoms with Crippen LogP contribution < -0.4 is 15.4 Å². The van der Waals surface area contributed by atoms with Gasteiger partial charge in [0.2, 0.25) is 0 Å². The first kappa shape index (κ1) is 21.2. The van der Waals surface area contributed by atoms with Gasteiger partial charge in [0.15, 0.2) is 5.96 Å². The second-order valence-corrected chi connectivity index (χ2v) is 5.54. The summed E-state index contributed by atoms with van der Waals surface area (Å²) in [7, 11) is 3.49. The third kappa shape index (κ3) is 6.89. The van der Waals surface area contributed by atoms with Crippen LogP contribution in [0.25, 0.3) is 0 Å². The quantitative estimate of drug-likeness (QED) is 0.384. The Morgan fingerprint density at radius 1 is 1.08 bits per heavy atom. The summed E-state index contributed by atoms with van der Waals surface area (Å²) in [5.74, 6) is 1.74. The van der Waals surface area contributed by atoms with Gasteiger partial charge in [-0.1, -0.05) is 18.2 Å². The molecule has 25 heavy (non-hydrogen) atoms. The number of benzene rings is 1. The Balaban J connectivity index is 0.00000312. The van der Waals surface area contributed by atoms with Crippen molar-refractivity contribution in [2.24, 2.45) is 4.99 Å². The average Bonchev–Trinajstić information content (AvgIpc) is 2.62.